The van der Waals surface area contributed by atoms with E-state index in [1.165, 1.54) is 12.1 Å². The third-order valence-electron chi connectivity index (χ3n) is 3.80. The number of hydrogen-bond acceptors (Lipinski definition) is 8. The molecule has 0 saturated heterocycles. The van der Waals surface area contributed by atoms with Crippen LogP contribution in [0.15, 0.2) is 46.4 Å². The molecule has 2 aromatic rings. The quantitative estimate of drug-likeness (QED) is 0.448. The van der Waals surface area contributed by atoms with E-state index >= 15 is 0 Å². The Kier molecular flexibility index (Phi) is 4.97. The van der Waals surface area contributed by atoms with Crippen LogP contribution in [0.2, 0.25) is 0 Å². The number of nitrogens with one attached hydrogen (secondary N) is 1. The van der Waals surface area contributed by atoms with Gasteiger partial charge in [0.25, 0.3) is 5.69 Å². The molecule has 0 aromatic heterocycles. The molecule has 1 aliphatic heterocycles. The normalized spacial score (nSPS) is 13.9. The number of ether oxygens (including phenoxy) is 2. The fourth-order valence-electron chi connectivity index (χ4n) is 2.41. The van der Waals surface area contributed by atoms with E-state index in [1.54, 1.807) is 25.1 Å². The Bertz CT molecular complexity index is 1040. The van der Waals surface area contributed by atoms with Gasteiger partial charge >= 0.3 is 0 Å². The number of nitrogens with zero attached hydrogens (tertiary/aromatic N) is 2. The first-order valence-corrected chi connectivity index (χ1v) is 9.32. The van der Waals surface area contributed by atoms with Crippen LogP contribution >= 0.6 is 0 Å². The van der Waals surface area contributed by atoms with E-state index in [9.17, 15) is 18.5 Å². The summed E-state index contributed by atoms with van der Waals surface area (Å²) in [6.07, 6.45) is 0. The SMILES string of the molecule is CC(=NNc1ccc(S(N)(=O)=O)cc1[N+](=O)[O-])c1ccc2c(c1)OCCO2. The fourth-order valence-corrected chi connectivity index (χ4v) is 2.94. The monoisotopic (exact) mass is 392 g/mol. The van der Waals surface area contributed by atoms with Crippen molar-refractivity contribution in [2.24, 2.45) is 10.2 Å². The first-order chi connectivity index (χ1) is 12.8. The number of nitro groups is 1. The molecule has 0 atom stereocenters. The van der Waals surface area contributed by atoms with Crippen LogP contribution < -0.4 is 20.0 Å². The summed E-state index contributed by atoms with van der Waals surface area (Å²) in [5.41, 5.74) is 3.43. The van der Waals surface area contributed by atoms with Gasteiger partial charge in [0.05, 0.1) is 15.5 Å². The zero-order chi connectivity index (χ0) is 19.6. The lowest BCUT2D eigenvalue weighted by Gasteiger charge is -2.18. The second kappa shape index (κ2) is 7.21. The topological polar surface area (TPSA) is 146 Å². The lowest BCUT2D eigenvalue weighted by atomic mass is 10.1. The molecule has 142 valence electrons. The molecule has 0 spiro atoms. The van der Waals surface area contributed by atoms with Crippen molar-refractivity contribution in [1.29, 1.82) is 0 Å². The number of hydrazone groups is 1. The zero-order valence-corrected chi connectivity index (χ0v) is 15.0. The fraction of sp³-hybridized carbons (Fsp3) is 0.188. The molecular formula is C16H16N4O6S. The first kappa shape index (κ1) is 18.6. The van der Waals surface area contributed by atoms with Gasteiger partial charge in [-0.15, -0.1) is 0 Å². The van der Waals surface area contributed by atoms with Gasteiger partial charge in [-0.25, -0.2) is 13.6 Å². The molecule has 0 fully saturated rings. The number of sulfonamides is 1. The minimum absolute atomic E-state index is 0.0318. The molecular weight excluding hydrogens is 376 g/mol. The van der Waals surface area contributed by atoms with E-state index in [2.05, 4.69) is 10.5 Å². The van der Waals surface area contributed by atoms with Gasteiger partial charge in [0.15, 0.2) is 11.5 Å². The standard InChI is InChI=1S/C16H16N4O6S/c1-10(11-2-5-15-16(8-11)26-7-6-25-15)18-19-13-4-3-12(27(17,23)24)9-14(13)20(21)22/h2-5,8-9,19H,6-7H2,1H3,(H2,17,23,24). The van der Waals surface area contributed by atoms with Crippen molar-refractivity contribution < 1.29 is 22.8 Å². The van der Waals surface area contributed by atoms with E-state index < -0.39 is 20.6 Å². The number of rotatable bonds is 5. The van der Waals surface area contributed by atoms with Crippen LogP contribution in [-0.2, 0) is 10.0 Å². The maximum absolute atomic E-state index is 11.4. The Morgan fingerprint density at radius 2 is 1.89 bits per heavy atom. The smallest absolute Gasteiger partial charge is 0.295 e. The van der Waals surface area contributed by atoms with E-state index in [1.807, 2.05) is 0 Å². The van der Waals surface area contributed by atoms with Crippen molar-refractivity contribution in [3.8, 4) is 11.5 Å². The van der Waals surface area contributed by atoms with Gasteiger partial charge in [-0.2, -0.15) is 5.10 Å². The van der Waals surface area contributed by atoms with Crippen molar-refractivity contribution in [3.63, 3.8) is 0 Å². The highest BCUT2D eigenvalue weighted by molar-refractivity contribution is 7.89. The summed E-state index contributed by atoms with van der Waals surface area (Å²) in [7, 11) is -4.05. The third kappa shape index (κ3) is 4.15. The number of nitro benzene ring substituents is 1. The maximum Gasteiger partial charge on any atom is 0.295 e. The molecule has 0 unspecified atom stereocenters. The molecule has 27 heavy (non-hydrogen) atoms. The number of primary sulfonamides is 1. The van der Waals surface area contributed by atoms with E-state index in [0.717, 1.165) is 11.6 Å². The molecule has 0 saturated carbocycles. The van der Waals surface area contributed by atoms with Gasteiger partial charge in [0.1, 0.15) is 18.9 Å². The van der Waals surface area contributed by atoms with Crippen molar-refractivity contribution in [2.75, 3.05) is 18.6 Å². The summed E-state index contributed by atoms with van der Waals surface area (Å²) < 4.78 is 33.7. The summed E-state index contributed by atoms with van der Waals surface area (Å²) in [4.78, 5) is 10.2. The van der Waals surface area contributed by atoms with Gasteiger partial charge in [-0.3, -0.25) is 15.5 Å². The Balaban J connectivity index is 1.87. The molecule has 3 rings (SSSR count). The van der Waals surface area contributed by atoms with E-state index in [4.69, 9.17) is 14.6 Å². The van der Waals surface area contributed by atoms with Gasteiger partial charge < -0.3 is 9.47 Å². The molecule has 10 nitrogen and oxygen atoms in total. The third-order valence-corrected chi connectivity index (χ3v) is 4.71. The maximum atomic E-state index is 11.4. The molecule has 3 N–H and O–H groups in total. The van der Waals surface area contributed by atoms with Gasteiger partial charge in [-0.1, -0.05) is 0 Å². The van der Waals surface area contributed by atoms with Gasteiger partial charge in [0, 0.05) is 11.6 Å². The summed E-state index contributed by atoms with van der Waals surface area (Å²) in [5, 5.41) is 20.4. The summed E-state index contributed by atoms with van der Waals surface area (Å²) in [6.45, 7) is 2.65. The number of anilines is 1. The van der Waals surface area contributed by atoms with Crippen LogP contribution in [0, 0.1) is 10.1 Å². The van der Waals surface area contributed by atoms with Crippen molar-refractivity contribution >= 4 is 27.1 Å². The largest absolute Gasteiger partial charge is 0.486 e. The van der Waals surface area contributed by atoms with Crippen LogP contribution in [0.25, 0.3) is 0 Å². The molecule has 1 aliphatic rings. The number of nitrogens with two attached hydrogens (primary N) is 1. The second-order valence-electron chi connectivity index (χ2n) is 5.65. The Morgan fingerprint density at radius 3 is 2.56 bits per heavy atom. The van der Waals surface area contributed by atoms with Crippen molar-refractivity contribution in [2.45, 2.75) is 11.8 Å². The van der Waals surface area contributed by atoms with E-state index in [0.29, 0.717) is 30.4 Å². The van der Waals surface area contributed by atoms with Gasteiger partial charge in [-0.05, 0) is 37.3 Å². The molecule has 0 radical (unpaired) electrons. The van der Waals surface area contributed by atoms with Crippen LogP contribution in [0.5, 0.6) is 11.5 Å². The highest BCUT2D eigenvalue weighted by Gasteiger charge is 2.19. The Labute approximate surface area is 154 Å². The number of fused-ring (bicyclic) bond motifs is 1. The lowest BCUT2D eigenvalue weighted by molar-refractivity contribution is -0.384. The first-order valence-electron chi connectivity index (χ1n) is 7.77. The summed E-state index contributed by atoms with van der Waals surface area (Å²) in [6, 6.07) is 8.58. The highest BCUT2D eigenvalue weighted by atomic mass is 32.2. The predicted octanol–water partition coefficient (Wildman–Crippen LogP) is 1.85. The molecule has 0 amide bonds. The molecule has 1 heterocycles. The number of benzene rings is 2. The van der Waals surface area contributed by atoms with Gasteiger partial charge in [0.2, 0.25) is 10.0 Å². The van der Waals surface area contributed by atoms with Crippen molar-refractivity contribution in [3.05, 3.63) is 52.1 Å². The number of hydrogen-bond donors (Lipinski definition) is 2. The highest BCUT2D eigenvalue weighted by Crippen LogP contribution is 2.31. The Morgan fingerprint density at radius 1 is 1.19 bits per heavy atom. The predicted molar refractivity (Wildman–Crippen MR) is 97.7 cm³/mol. The molecule has 0 aliphatic carbocycles. The Hall–Kier alpha value is -3.18. The lowest BCUT2D eigenvalue weighted by Crippen LogP contribution is -2.15. The molecule has 2 aromatic carbocycles. The molecule has 0 bridgehead atoms. The van der Waals surface area contributed by atoms with Crippen molar-refractivity contribution in [1.82, 2.24) is 0 Å². The summed E-state index contributed by atoms with van der Waals surface area (Å²) >= 11 is 0. The van der Waals surface area contributed by atoms with Crippen LogP contribution in [0.1, 0.15) is 12.5 Å². The zero-order valence-electron chi connectivity index (χ0n) is 14.2. The van der Waals surface area contributed by atoms with Crippen LogP contribution in [0.4, 0.5) is 11.4 Å². The average Bonchev–Trinajstić information content (AvgIpc) is 2.64. The van der Waals surface area contributed by atoms with E-state index in [-0.39, 0.29) is 10.6 Å². The van der Waals surface area contributed by atoms with Crippen LogP contribution in [-0.4, -0.2) is 32.3 Å². The minimum atomic E-state index is -4.05. The average molecular weight is 392 g/mol. The second-order valence-corrected chi connectivity index (χ2v) is 7.21. The van der Waals surface area contributed by atoms with Crippen LogP contribution in [0.3, 0.4) is 0 Å². The molecule has 11 heteroatoms. The summed E-state index contributed by atoms with van der Waals surface area (Å²) in [5.74, 6) is 1.23. The minimum Gasteiger partial charge on any atom is -0.486 e.